The van der Waals surface area contributed by atoms with Gasteiger partial charge in [0.05, 0.1) is 42.3 Å². The van der Waals surface area contributed by atoms with Crippen LogP contribution in [0.3, 0.4) is 0 Å². The number of piperazine rings is 1. The van der Waals surface area contributed by atoms with Crippen molar-refractivity contribution in [2.75, 3.05) is 32.8 Å². The van der Waals surface area contributed by atoms with Gasteiger partial charge in [-0.1, -0.05) is 18.2 Å². The summed E-state index contributed by atoms with van der Waals surface area (Å²) in [6.07, 6.45) is 1.18. The molecule has 0 unspecified atom stereocenters. The third-order valence-corrected chi connectivity index (χ3v) is 7.30. The van der Waals surface area contributed by atoms with E-state index in [4.69, 9.17) is 18.9 Å². The van der Waals surface area contributed by atoms with Crippen LogP contribution in [-0.4, -0.2) is 69.3 Å². The molecule has 0 saturated carbocycles. The maximum Gasteiger partial charge on any atom is 0.335 e. The van der Waals surface area contributed by atoms with Crippen LogP contribution >= 0.6 is 0 Å². The zero-order valence-corrected chi connectivity index (χ0v) is 21.3. The molecule has 2 fully saturated rings. The van der Waals surface area contributed by atoms with E-state index in [2.05, 4.69) is 14.4 Å². The fourth-order valence-electron chi connectivity index (χ4n) is 5.04. The van der Waals surface area contributed by atoms with Gasteiger partial charge in [0.1, 0.15) is 29.7 Å². The number of aromatic carboxylic acids is 1. The lowest BCUT2D eigenvalue weighted by atomic mass is 10.1. The fraction of sp³-hybridized carbons (Fsp3) is 0.379. The van der Waals surface area contributed by atoms with Gasteiger partial charge in [-0.05, 0) is 48.9 Å². The molecule has 6 rings (SSSR count). The lowest BCUT2D eigenvalue weighted by molar-refractivity contribution is -0.0592. The Balaban J connectivity index is 1.06. The topological polar surface area (TPSA) is 93.2 Å². The summed E-state index contributed by atoms with van der Waals surface area (Å²) in [5.74, 6) is 2.63. The molecule has 2 saturated heterocycles. The van der Waals surface area contributed by atoms with Crippen molar-refractivity contribution in [1.29, 1.82) is 0 Å². The maximum atomic E-state index is 11.5. The molecule has 0 amide bonds. The zero-order valence-electron chi connectivity index (χ0n) is 21.3. The van der Waals surface area contributed by atoms with Crippen molar-refractivity contribution in [1.82, 2.24) is 19.4 Å². The van der Waals surface area contributed by atoms with Gasteiger partial charge < -0.3 is 23.6 Å². The first kappa shape index (κ1) is 24.7. The van der Waals surface area contributed by atoms with Crippen molar-refractivity contribution < 1.29 is 23.8 Å². The van der Waals surface area contributed by atoms with Crippen LogP contribution in [0.2, 0.25) is 0 Å². The molecule has 0 aliphatic carbocycles. The molecule has 9 heteroatoms. The minimum atomic E-state index is -0.926. The lowest BCUT2D eigenvalue weighted by Crippen LogP contribution is -2.45. The average Bonchev–Trinajstić information content (AvgIpc) is 3.50. The quantitative estimate of drug-likeness (QED) is 0.338. The van der Waals surface area contributed by atoms with Gasteiger partial charge in [0.15, 0.2) is 0 Å². The molecule has 198 valence electrons. The van der Waals surface area contributed by atoms with Crippen LogP contribution in [0.4, 0.5) is 0 Å². The molecule has 38 heavy (non-hydrogen) atoms. The number of para-hydroxylation sites is 1. The molecular weight excluding hydrogens is 484 g/mol. The van der Waals surface area contributed by atoms with Crippen LogP contribution in [0.1, 0.15) is 34.1 Å². The molecule has 4 aromatic rings. The Morgan fingerprint density at radius 3 is 2.42 bits per heavy atom. The van der Waals surface area contributed by atoms with Gasteiger partial charge in [0.25, 0.3) is 0 Å². The molecule has 0 spiro atoms. The van der Waals surface area contributed by atoms with Crippen LogP contribution < -0.4 is 4.74 Å². The summed E-state index contributed by atoms with van der Waals surface area (Å²) < 4.78 is 19.6. The van der Waals surface area contributed by atoms with Gasteiger partial charge in [0, 0.05) is 32.8 Å². The molecule has 1 atom stereocenters. The number of fused-ring (bicyclic) bond motifs is 1. The molecule has 0 radical (unpaired) electrons. The smallest absolute Gasteiger partial charge is 0.335 e. The van der Waals surface area contributed by atoms with Crippen LogP contribution in [0, 0.1) is 0 Å². The largest absolute Gasteiger partial charge is 0.486 e. The second kappa shape index (κ2) is 11.0. The molecular formula is C29H32N4O5. The van der Waals surface area contributed by atoms with Crippen molar-refractivity contribution in [3.8, 4) is 5.75 Å². The van der Waals surface area contributed by atoms with Crippen LogP contribution in [0.15, 0.2) is 65.1 Å². The summed E-state index contributed by atoms with van der Waals surface area (Å²) in [7, 11) is 0. The number of nitrogens with zero attached hydrogens (tertiary/aromatic N) is 4. The van der Waals surface area contributed by atoms with Gasteiger partial charge in [-0.2, -0.15) is 0 Å². The summed E-state index contributed by atoms with van der Waals surface area (Å²) in [6.45, 7) is 7.11. The molecule has 1 N–H and O–H groups in total. The standard InChI is InChI=1S/C29H32N4O5/c34-29(35)21-6-9-26-27(16-21)33(18-23-10-15-36-23)28(30-26)19-32-13-11-31(12-14-32)17-24-7-8-25(38-24)20-37-22-4-2-1-3-5-22/h1-9,16,23H,10-15,17-20H2,(H,34,35)/t23-/m0/s1. The number of hydrogen-bond donors (Lipinski definition) is 1. The molecule has 9 nitrogen and oxygen atoms in total. The molecule has 2 aromatic heterocycles. The Morgan fingerprint density at radius 1 is 0.974 bits per heavy atom. The van der Waals surface area contributed by atoms with Gasteiger partial charge in [0.2, 0.25) is 0 Å². The lowest BCUT2D eigenvalue weighted by Gasteiger charge is -2.34. The summed E-state index contributed by atoms with van der Waals surface area (Å²) >= 11 is 0. The van der Waals surface area contributed by atoms with E-state index in [0.717, 1.165) is 86.4 Å². The Morgan fingerprint density at radius 2 is 1.71 bits per heavy atom. The summed E-state index contributed by atoms with van der Waals surface area (Å²) in [6, 6.07) is 18.9. The van der Waals surface area contributed by atoms with Gasteiger partial charge in [-0.15, -0.1) is 0 Å². The highest BCUT2D eigenvalue weighted by Crippen LogP contribution is 2.24. The highest BCUT2D eigenvalue weighted by molar-refractivity contribution is 5.92. The van der Waals surface area contributed by atoms with Gasteiger partial charge in [-0.3, -0.25) is 9.80 Å². The average molecular weight is 517 g/mol. The number of carboxylic acids is 1. The number of rotatable bonds is 10. The second-order valence-electron chi connectivity index (χ2n) is 9.95. The Hall–Kier alpha value is -3.66. The number of benzene rings is 2. The molecule has 2 aromatic carbocycles. The van der Waals surface area contributed by atoms with E-state index in [9.17, 15) is 9.90 Å². The van der Waals surface area contributed by atoms with Crippen molar-refractivity contribution in [3.05, 3.63) is 83.6 Å². The highest BCUT2D eigenvalue weighted by atomic mass is 16.5. The van der Waals surface area contributed by atoms with Crippen LogP contribution in [0.5, 0.6) is 5.75 Å². The summed E-state index contributed by atoms with van der Waals surface area (Å²) in [5, 5.41) is 9.47. The first-order valence-corrected chi connectivity index (χ1v) is 13.1. The maximum absolute atomic E-state index is 11.5. The number of hydrogen-bond acceptors (Lipinski definition) is 7. The molecule has 2 aliphatic heterocycles. The van der Waals surface area contributed by atoms with Gasteiger partial charge in [-0.25, -0.2) is 9.78 Å². The Labute approximate surface area is 221 Å². The third kappa shape index (κ3) is 5.60. The number of aromatic nitrogens is 2. The second-order valence-corrected chi connectivity index (χ2v) is 9.95. The van der Waals surface area contributed by atoms with E-state index in [1.165, 1.54) is 0 Å². The Bertz CT molecular complexity index is 1390. The predicted octanol–water partition coefficient (Wildman–Crippen LogP) is 4.01. The van der Waals surface area contributed by atoms with Gasteiger partial charge >= 0.3 is 5.97 Å². The predicted molar refractivity (Wildman–Crippen MR) is 141 cm³/mol. The van der Waals surface area contributed by atoms with E-state index in [0.29, 0.717) is 13.2 Å². The molecule has 2 aliphatic rings. The van der Waals surface area contributed by atoms with E-state index < -0.39 is 5.97 Å². The van der Waals surface area contributed by atoms with E-state index in [1.54, 1.807) is 18.2 Å². The number of furan rings is 1. The first-order chi connectivity index (χ1) is 18.6. The fourth-order valence-corrected chi connectivity index (χ4v) is 5.04. The zero-order chi connectivity index (χ0) is 25.9. The van der Waals surface area contributed by atoms with Crippen molar-refractivity contribution in [2.24, 2.45) is 0 Å². The monoisotopic (exact) mass is 516 g/mol. The summed E-state index contributed by atoms with van der Waals surface area (Å²) in [5.41, 5.74) is 1.97. The number of carbonyl (C=O) groups is 1. The normalized spacial score (nSPS) is 18.5. The highest BCUT2D eigenvalue weighted by Gasteiger charge is 2.25. The van der Waals surface area contributed by atoms with E-state index in [1.807, 2.05) is 42.5 Å². The van der Waals surface area contributed by atoms with E-state index >= 15 is 0 Å². The minimum absolute atomic E-state index is 0.160. The SMILES string of the molecule is O=C(O)c1ccc2nc(CN3CCN(Cc4ccc(COc5ccccc5)o4)CC3)n(C[C@@H]3CCO3)c2c1. The summed E-state index contributed by atoms with van der Waals surface area (Å²) in [4.78, 5) is 21.2. The van der Waals surface area contributed by atoms with Crippen molar-refractivity contribution >= 4 is 17.0 Å². The number of carboxylic acid groups (broad SMARTS) is 1. The third-order valence-electron chi connectivity index (χ3n) is 7.30. The first-order valence-electron chi connectivity index (χ1n) is 13.1. The van der Waals surface area contributed by atoms with Crippen LogP contribution in [0.25, 0.3) is 11.0 Å². The van der Waals surface area contributed by atoms with E-state index in [-0.39, 0.29) is 11.7 Å². The van der Waals surface area contributed by atoms with Crippen molar-refractivity contribution in [2.45, 2.75) is 38.8 Å². The van der Waals surface area contributed by atoms with Crippen LogP contribution in [-0.2, 0) is 31.0 Å². The number of ether oxygens (including phenoxy) is 2. The Kier molecular flexibility index (Phi) is 7.13. The molecule has 0 bridgehead atoms. The number of imidazole rings is 1. The molecule has 4 heterocycles. The van der Waals surface area contributed by atoms with Crippen molar-refractivity contribution in [3.63, 3.8) is 0 Å². The minimum Gasteiger partial charge on any atom is -0.486 e.